The summed E-state index contributed by atoms with van der Waals surface area (Å²) in [5, 5.41) is 6.85. The molecular weight excluding hydrogens is 296 g/mol. The van der Waals surface area contributed by atoms with Crippen molar-refractivity contribution in [2.24, 2.45) is 0 Å². The monoisotopic (exact) mass is 316 g/mol. The average molecular weight is 316 g/mol. The topological polar surface area (TPSA) is 93.5 Å². The van der Waals surface area contributed by atoms with E-state index in [0.29, 0.717) is 25.3 Å². The molecule has 118 valence electrons. The van der Waals surface area contributed by atoms with E-state index >= 15 is 0 Å². The molecule has 1 N–H and O–H groups in total. The number of anilines is 1. The van der Waals surface area contributed by atoms with E-state index in [1.54, 1.807) is 16.9 Å². The van der Waals surface area contributed by atoms with Gasteiger partial charge in [-0.3, -0.25) is 9.48 Å². The number of ether oxygens (including phenoxy) is 1. The van der Waals surface area contributed by atoms with Gasteiger partial charge in [0.2, 0.25) is 15.9 Å². The van der Waals surface area contributed by atoms with Crippen molar-refractivity contribution >= 4 is 21.7 Å². The smallest absolute Gasteiger partial charge is 0.222 e. The third-order valence-electron chi connectivity index (χ3n) is 3.35. The number of carbonyl (C=O) groups is 1. The molecule has 1 saturated heterocycles. The number of rotatable bonds is 6. The number of sulfonamides is 1. The van der Waals surface area contributed by atoms with Crippen molar-refractivity contribution in [3.05, 3.63) is 12.3 Å². The van der Waals surface area contributed by atoms with Crippen molar-refractivity contribution in [1.29, 1.82) is 0 Å². The zero-order valence-corrected chi connectivity index (χ0v) is 13.0. The number of carbonyl (C=O) groups excluding carboxylic acids is 1. The Hall–Kier alpha value is -1.45. The quantitative estimate of drug-likeness (QED) is 0.801. The average Bonchev–Trinajstić information content (AvgIpc) is 3.04. The number of methoxy groups -OCH3 is 1. The Bertz CT molecular complexity index is 598. The van der Waals surface area contributed by atoms with Gasteiger partial charge in [0.25, 0.3) is 0 Å². The van der Waals surface area contributed by atoms with Crippen molar-refractivity contribution in [1.82, 2.24) is 14.1 Å². The Morgan fingerprint density at radius 1 is 1.57 bits per heavy atom. The number of hydrogen-bond donors (Lipinski definition) is 1. The number of nitrogens with zero attached hydrogens (tertiary/aromatic N) is 3. The van der Waals surface area contributed by atoms with E-state index in [1.807, 2.05) is 0 Å². The van der Waals surface area contributed by atoms with Gasteiger partial charge in [0, 0.05) is 39.4 Å². The molecule has 1 aliphatic heterocycles. The summed E-state index contributed by atoms with van der Waals surface area (Å²) in [7, 11) is -1.80. The van der Waals surface area contributed by atoms with Crippen LogP contribution in [0.15, 0.2) is 12.3 Å². The number of hydrogen-bond acceptors (Lipinski definition) is 5. The molecule has 1 aliphatic rings. The molecule has 8 nitrogen and oxygen atoms in total. The second kappa shape index (κ2) is 6.54. The van der Waals surface area contributed by atoms with Crippen LogP contribution in [0.25, 0.3) is 0 Å². The number of amides is 1. The van der Waals surface area contributed by atoms with Crippen LogP contribution in [0.2, 0.25) is 0 Å². The minimum Gasteiger partial charge on any atom is -0.384 e. The van der Waals surface area contributed by atoms with E-state index in [1.165, 1.54) is 18.3 Å². The molecule has 2 rings (SSSR count). The molecule has 2 heterocycles. The highest BCUT2D eigenvalue weighted by molar-refractivity contribution is 7.89. The molecule has 21 heavy (non-hydrogen) atoms. The van der Waals surface area contributed by atoms with Gasteiger partial charge in [-0.2, -0.15) is 9.40 Å². The molecule has 0 saturated carbocycles. The highest BCUT2D eigenvalue weighted by atomic mass is 32.2. The van der Waals surface area contributed by atoms with Gasteiger partial charge in [-0.1, -0.05) is 0 Å². The number of nitrogens with one attached hydrogen (secondary N) is 1. The Labute approximate surface area is 124 Å². The van der Waals surface area contributed by atoms with Gasteiger partial charge in [-0.25, -0.2) is 8.42 Å². The lowest BCUT2D eigenvalue weighted by Gasteiger charge is -2.16. The van der Waals surface area contributed by atoms with Crippen LogP contribution in [0.5, 0.6) is 0 Å². The fraction of sp³-hybridized carbons (Fsp3) is 0.667. The van der Waals surface area contributed by atoms with E-state index in [2.05, 4.69) is 10.4 Å². The molecule has 0 unspecified atom stereocenters. The molecule has 1 amide bonds. The molecular formula is C12H20N4O4S. The van der Waals surface area contributed by atoms with Crippen molar-refractivity contribution in [3.63, 3.8) is 0 Å². The Morgan fingerprint density at radius 3 is 3.00 bits per heavy atom. The van der Waals surface area contributed by atoms with Gasteiger partial charge in [0.05, 0.1) is 18.4 Å². The first-order chi connectivity index (χ1) is 9.92. The molecule has 0 spiro atoms. The van der Waals surface area contributed by atoms with Gasteiger partial charge in [-0.15, -0.1) is 0 Å². The fourth-order valence-electron chi connectivity index (χ4n) is 2.29. The number of aromatic nitrogens is 2. The van der Waals surface area contributed by atoms with Crippen LogP contribution in [-0.2, 0) is 19.6 Å². The third-order valence-corrected chi connectivity index (χ3v) is 5.15. The van der Waals surface area contributed by atoms with Crippen LogP contribution >= 0.6 is 0 Å². The molecule has 9 heteroatoms. The van der Waals surface area contributed by atoms with E-state index < -0.39 is 10.0 Å². The summed E-state index contributed by atoms with van der Waals surface area (Å²) in [6.45, 7) is 2.48. The van der Waals surface area contributed by atoms with Gasteiger partial charge in [0.1, 0.15) is 0 Å². The Balaban J connectivity index is 1.99. The lowest BCUT2D eigenvalue weighted by molar-refractivity contribution is -0.114. The van der Waals surface area contributed by atoms with Crippen LogP contribution in [0, 0.1) is 0 Å². The molecule has 1 aromatic heterocycles. The Kier molecular flexibility index (Phi) is 4.96. The van der Waals surface area contributed by atoms with Crippen LogP contribution in [0.3, 0.4) is 0 Å². The largest absolute Gasteiger partial charge is 0.384 e. The maximum atomic E-state index is 12.1. The highest BCUT2D eigenvalue weighted by Gasteiger charge is 2.32. The minimum atomic E-state index is -3.28. The highest BCUT2D eigenvalue weighted by Crippen LogP contribution is 2.24. The summed E-state index contributed by atoms with van der Waals surface area (Å²) >= 11 is 0. The van der Waals surface area contributed by atoms with E-state index in [9.17, 15) is 13.2 Å². The lowest BCUT2D eigenvalue weighted by atomic mass is 10.3. The molecule has 1 aromatic rings. The maximum Gasteiger partial charge on any atom is 0.222 e. The van der Waals surface area contributed by atoms with Gasteiger partial charge in [-0.05, 0) is 6.42 Å². The zero-order chi connectivity index (χ0) is 15.5. The molecule has 0 bridgehead atoms. The standard InChI is InChI=1S/C12H20N4O4S/c1-10(17)13-12-4-6-16(14-12)11-3-5-15(9-11)21(18,19)8-7-20-2/h4,6,11H,3,5,7-9H2,1-2H3,(H,13,14,17)/t11-/m0/s1. The predicted octanol–water partition coefficient (Wildman–Crippen LogP) is 0.0645. The van der Waals surface area contributed by atoms with Gasteiger partial charge in [0.15, 0.2) is 5.82 Å². The normalized spacial score (nSPS) is 19.8. The second-order valence-corrected chi connectivity index (χ2v) is 7.06. The summed E-state index contributed by atoms with van der Waals surface area (Å²) < 4.78 is 32.2. The first-order valence-electron chi connectivity index (χ1n) is 6.72. The first kappa shape index (κ1) is 15.9. The SMILES string of the molecule is COCCS(=O)(=O)N1CC[C@H](n2ccc(NC(C)=O)n2)C1. The van der Waals surface area contributed by atoms with Crippen LogP contribution in [0.1, 0.15) is 19.4 Å². The summed E-state index contributed by atoms with van der Waals surface area (Å²) in [5.74, 6) is 0.283. The molecule has 0 aromatic carbocycles. The van der Waals surface area contributed by atoms with Crippen LogP contribution < -0.4 is 5.32 Å². The van der Waals surface area contributed by atoms with Gasteiger partial charge < -0.3 is 10.1 Å². The van der Waals surface area contributed by atoms with Crippen molar-refractivity contribution < 1.29 is 17.9 Å². The van der Waals surface area contributed by atoms with Crippen LogP contribution in [0.4, 0.5) is 5.82 Å². The van der Waals surface area contributed by atoms with E-state index in [0.717, 1.165) is 0 Å². The van der Waals surface area contributed by atoms with E-state index in [4.69, 9.17) is 4.74 Å². The van der Waals surface area contributed by atoms with Crippen molar-refractivity contribution in [2.75, 3.05) is 37.9 Å². The van der Waals surface area contributed by atoms with Crippen molar-refractivity contribution in [3.8, 4) is 0 Å². The summed E-state index contributed by atoms with van der Waals surface area (Å²) in [6, 6.07) is 1.69. The molecule has 0 radical (unpaired) electrons. The first-order valence-corrected chi connectivity index (χ1v) is 8.33. The maximum absolute atomic E-state index is 12.1. The fourth-order valence-corrected chi connectivity index (χ4v) is 3.70. The summed E-state index contributed by atoms with van der Waals surface area (Å²) in [5.41, 5.74) is 0. The zero-order valence-electron chi connectivity index (χ0n) is 12.2. The van der Waals surface area contributed by atoms with Crippen LogP contribution in [-0.4, -0.2) is 61.0 Å². The molecule has 0 aliphatic carbocycles. The second-order valence-electron chi connectivity index (χ2n) is 4.97. The Morgan fingerprint density at radius 2 is 2.33 bits per heavy atom. The van der Waals surface area contributed by atoms with Crippen molar-refractivity contribution in [2.45, 2.75) is 19.4 Å². The minimum absolute atomic E-state index is 0.00747. The molecule has 1 atom stereocenters. The van der Waals surface area contributed by atoms with Gasteiger partial charge >= 0.3 is 0 Å². The molecule has 1 fully saturated rings. The third kappa shape index (κ3) is 4.02. The predicted molar refractivity (Wildman–Crippen MR) is 77.4 cm³/mol. The summed E-state index contributed by atoms with van der Waals surface area (Å²) in [6.07, 6.45) is 2.45. The van der Waals surface area contributed by atoms with E-state index in [-0.39, 0.29) is 24.3 Å². The lowest BCUT2D eigenvalue weighted by Crippen LogP contribution is -2.32. The summed E-state index contributed by atoms with van der Waals surface area (Å²) in [4.78, 5) is 11.0.